The molecule has 3 aliphatic rings. The molecule has 0 aliphatic carbocycles. The van der Waals surface area contributed by atoms with Gasteiger partial charge in [0.05, 0.1) is 38.6 Å². The number of rotatable bonds is 2. The molecule has 5 aromatic heterocycles. The van der Waals surface area contributed by atoms with Crippen molar-refractivity contribution < 1.29 is 42.9 Å². The molecule has 3 unspecified atom stereocenters. The van der Waals surface area contributed by atoms with E-state index in [0.717, 1.165) is 0 Å². The Kier molecular flexibility index (Phi) is 7.16. The Morgan fingerprint density at radius 2 is 1.77 bits per heavy atom. The van der Waals surface area contributed by atoms with Gasteiger partial charge in [0.15, 0.2) is 35.1 Å². The molecule has 4 bridgehead atoms. The third-order valence-corrected chi connectivity index (χ3v) is 9.13. The van der Waals surface area contributed by atoms with Gasteiger partial charge in [-0.05, 0) is 6.92 Å². The lowest BCUT2D eigenvalue weighted by molar-refractivity contribution is -0.0774. The first-order valence-corrected chi connectivity index (χ1v) is 15.8. The highest BCUT2D eigenvalue weighted by Gasteiger charge is 2.51. The van der Waals surface area contributed by atoms with E-state index in [-0.39, 0.29) is 41.3 Å². The first-order chi connectivity index (χ1) is 22.6. The molecule has 22 nitrogen and oxygen atoms in total. The minimum absolute atomic E-state index is 0.0373. The van der Waals surface area contributed by atoms with Crippen molar-refractivity contribution >= 4 is 36.0 Å². The molecule has 3 aliphatic heterocycles. The van der Waals surface area contributed by atoms with Gasteiger partial charge in [-0.2, -0.15) is 0 Å². The molecular weight excluding hydrogens is 647 g/mol. The molecule has 2 fully saturated rings. The fourth-order valence-corrected chi connectivity index (χ4v) is 6.94. The van der Waals surface area contributed by atoms with Gasteiger partial charge < -0.3 is 40.0 Å². The highest BCUT2D eigenvalue weighted by Crippen LogP contribution is 2.50. The van der Waals surface area contributed by atoms with Crippen LogP contribution in [0.4, 0.5) is 5.82 Å². The Hall–Kier alpha value is -4.25. The van der Waals surface area contributed by atoms with Crippen LogP contribution in [0.3, 0.4) is 0 Å². The van der Waals surface area contributed by atoms with E-state index in [0.29, 0.717) is 11.5 Å². The number of ether oxygens (including phenoxy) is 3. The quantitative estimate of drug-likeness (QED) is 0.127. The molecular formula is C24H27N12O10P. The van der Waals surface area contributed by atoms with E-state index in [1.165, 1.54) is 32.8 Å². The molecule has 8 rings (SSSR count). The van der Waals surface area contributed by atoms with E-state index in [1.54, 1.807) is 13.1 Å². The van der Waals surface area contributed by atoms with E-state index in [1.807, 2.05) is 0 Å². The number of nitrogens with two attached hydrogens (primary N) is 1. The predicted molar refractivity (Wildman–Crippen MR) is 152 cm³/mol. The van der Waals surface area contributed by atoms with E-state index in [2.05, 4.69) is 40.2 Å². The number of anilines is 1. The number of nitrogen functional groups attached to an aromatic ring is 1. The number of aromatic amines is 1. The summed E-state index contributed by atoms with van der Waals surface area (Å²) >= 11 is 0. The van der Waals surface area contributed by atoms with Gasteiger partial charge in [-0.1, -0.05) is 5.21 Å². The van der Waals surface area contributed by atoms with E-state index in [9.17, 15) is 24.5 Å². The van der Waals surface area contributed by atoms with Crippen molar-refractivity contribution in [1.82, 2.24) is 54.0 Å². The van der Waals surface area contributed by atoms with Gasteiger partial charge in [0, 0.05) is 0 Å². The molecule has 5 aromatic rings. The summed E-state index contributed by atoms with van der Waals surface area (Å²) in [6, 6.07) is 0. The van der Waals surface area contributed by atoms with Gasteiger partial charge in [-0.25, -0.2) is 34.2 Å². The van der Waals surface area contributed by atoms with Crippen molar-refractivity contribution in [1.29, 1.82) is 0 Å². The number of fused-ring (bicyclic) bond motifs is 7. The van der Waals surface area contributed by atoms with Gasteiger partial charge in [0.25, 0.3) is 5.56 Å². The maximum atomic E-state index is 13.3. The number of aromatic nitrogens is 11. The number of nitrogens with one attached hydrogen (secondary N) is 1. The zero-order valence-electron chi connectivity index (χ0n) is 24.2. The number of aliphatic hydroxyl groups is 2. The molecule has 23 heteroatoms. The second kappa shape index (κ2) is 11.2. The first kappa shape index (κ1) is 30.1. The Labute approximate surface area is 261 Å². The molecule has 0 spiro atoms. The highest BCUT2D eigenvalue weighted by molar-refractivity contribution is 7.47. The monoisotopic (exact) mass is 674 g/mol. The van der Waals surface area contributed by atoms with E-state index < -0.39 is 69.1 Å². The van der Waals surface area contributed by atoms with Gasteiger partial charge in [-0.3, -0.25) is 23.0 Å². The third-order valence-electron chi connectivity index (χ3n) is 8.14. The molecule has 0 amide bonds. The Morgan fingerprint density at radius 3 is 2.60 bits per heavy atom. The fraction of sp³-hybridized carbons (Fsp3) is 0.500. The van der Waals surface area contributed by atoms with Crippen molar-refractivity contribution in [2.75, 3.05) is 12.3 Å². The SMILES string of the molecule is Cc1nc2c(ncn2[C@@H]2O[C@@H]3COP(=O)(O)O[C@@H]4C(O)[C@H](n5cnc6c(N)ncnc65)O[C@@H]4Cn4cc(nn4)CO[C@H]2C3O)c(=O)[nH]1. The first-order valence-electron chi connectivity index (χ1n) is 14.3. The van der Waals surface area contributed by atoms with Crippen LogP contribution in [0.1, 0.15) is 24.0 Å². The standard InChI is InChI=1S/C24H27N12O10P/c1-9-30-21-14(22(39)31-9)29-8-36(21)24-18-15(37)12(45-24)5-43-47(40,41)46-17-11(3-34-2-10(4-42-18)32-33-34)44-23(16(17)38)35-7-28-13-19(25)26-6-27-20(13)35/h2,6-8,11-12,15-18,23-24,37-38H,3-5H2,1H3,(H,40,41)(H2,25,26,27)(H,30,31,39)/t11-,12-,15?,16?,17+,18+,23-,24-/m1/s1. The minimum Gasteiger partial charge on any atom is -0.387 e. The number of hydrogen-bond acceptors (Lipinski definition) is 17. The second-order valence-electron chi connectivity index (χ2n) is 11.2. The zero-order chi connectivity index (χ0) is 32.6. The Bertz CT molecular complexity index is 2080. The van der Waals surface area contributed by atoms with Crippen molar-refractivity contribution in [3.8, 4) is 0 Å². The molecule has 6 N–H and O–H groups in total. The summed E-state index contributed by atoms with van der Waals surface area (Å²) in [6.45, 7) is 0.766. The number of H-pyrrole nitrogens is 1. The van der Waals surface area contributed by atoms with E-state index >= 15 is 0 Å². The Balaban J connectivity index is 1.11. The second-order valence-corrected chi connectivity index (χ2v) is 12.6. The number of aryl methyl sites for hydroxylation is 1. The van der Waals surface area contributed by atoms with Gasteiger partial charge in [0.1, 0.15) is 60.0 Å². The average molecular weight is 675 g/mol. The summed E-state index contributed by atoms with van der Waals surface area (Å²) in [7, 11) is -4.96. The van der Waals surface area contributed by atoms with Crippen LogP contribution in [0.25, 0.3) is 22.3 Å². The lowest BCUT2D eigenvalue weighted by Gasteiger charge is -2.24. The van der Waals surface area contributed by atoms with Crippen molar-refractivity contribution in [3.63, 3.8) is 0 Å². The normalized spacial score (nSPS) is 33.2. The number of phosphoric ester groups is 1. The van der Waals surface area contributed by atoms with Gasteiger partial charge in [0.2, 0.25) is 0 Å². The minimum atomic E-state index is -4.96. The van der Waals surface area contributed by atoms with Crippen LogP contribution < -0.4 is 11.3 Å². The average Bonchev–Trinajstić information content (AvgIpc) is 3.84. The number of aliphatic hydroxyl groups excluding tert-OH is 2. The summed E-state index contributed by atoms with van der Waals surface area (Å²) in [5.41, 5.74) is 6.53. The summed E-state index contributed by atoms with van der Waals surface area (Å²) in [5, 5.41) is 30.9. The fourth-order valence-electron chi connectivity index (χ4n) is 5.98. The summed E-state index contributed by atoms with van der Waals surface area (Å²) in [5.74, 6) is 0.432. The van der Waals surface area contributed by atoms with Crippen molar-refractivity contribution in [2.24, 2.45) is 0 Å². The summed E-state index contributed by atoms with van der Waals surface area (Å²) in [6.07, 6.45) is -4.55. The van der Waals surface area contributed by atoms with Crippen LogP contribution in [0, 0.1) is 6.92 Å². The summed E-state index contributed by atoms with van der Waals surface area (Å²) < 4.78 is 46.6. The lowest BCUT2D eigenvalue weighted by Crippen LogP contribution is -2.37. The van der Waals surface area contributed by atoms with Crippen LogP contribution in [0.5, 0.6) is 0 Å². The topological polar surface area (TPSA) is 288 Å². The molecule has 0 saturated carbocycles. The predicted octanol–water partition coefficient (Wildman–Crippen LogP) is -1.94. The molecule has 0 radical (unpaired) electrons. The number of hydrogen-bond donors (Lipinski definition) is 5. The van der Waals surface area contributed by atoms with Crippen molar-refractivity contribution in [3.05, 3.63) is 47.1 Å². The molecule has 47 heavy (non-hydrogen) atoms. The molecule has 0 aromatic carbocycles. The smallest absolute Gasteiger partial charge is 0.387 e. The lowest BCUT2D eigenvalue weighted by atomic mass is 10.1. The zero-order valence-corrected chi connectivity index (χ0v) is 25.1. The maximum Gasteiger partial charge on any atom is 0.472 e. The summed E-state index contributed by atoms with van der Waals surface area (Å²) in [4.78, 5) is 46.6. The maximum absolute atomic E-state index is 13.3. The third kappa shape index (κ3) is 5.19. The van der Waals surface area contributed by atoms with Crippen molar-refractivity contribution in [2.45, 2.75) is 69.2 Å². The molecule has 8 heterocycles. The van der Waals surface area contributed by atoms with Crippen LogP contribution in [0.15, 0.2) is 30.0 Å². The molecule has 2 saturated heterocycles. The molecule has 9 atom stereocenters. The highest BCUT2D eigenvalue weighted by atomic mass is 31.2. The van der Waals surface area contributed by atoms with Crippen LogP contribution >= 0.6 is 7.82 Å². The number of phosphoric acid groups is 1. The van der Waals surface area contributed by atoms with Gasteiger partial charge in [-0.15, -0.1) is 5.10 Å². The van der Waals surface area contributed by atoms with Gasteiger partial charge >= 0.3 is 7.82 Å². The van der Waals surface area contributed by atoms with Crippen LogP contribution in [-0.2, 0) is 41.0 Å². The Morgan fingerprint density at radius 1 is 1.00 bits per heavy atom. The van der Waals surface area contributed by atoms with Crippen LogP contribution in [0.2, 0.25) is 0 Å². The number of nitrogens with zero attached hydrogens (tertiary/aromatic N) is 10. The molecule has 248 valence electrons. The number of imidazole rings is 2. The van der Waals surface area contributed by atoms with Crippen LogP contribution in [-0.4, -0.2) is 112 Å². The van der Waals surface area contributed by atoms with E-state index in [4.69, 9.17) is 29.0 Å². The largest absolute Gasteiger partial charge is 0.472 e.